The zero-order valence-electron chi connectivity index (χ0n) is 6.56. The summed E-state index contributed by atoms with van der Waals surface area (Å²) in [7, 11) is 0. The van der Waals surface area contributed by atoms with Crippen LogP contribution in [0.5, 0.6) is 0 Å². The zero-order chi connectivity index (χ0) is 9.30. The van der Waals surface area contributed by atoms with Crippen molar-refractivity contribution in [1.29, 1.82) is 5.41 Å². The van der Waals surface area contributed by atoms with Gasteiger partial charge in [-0.15, -0.1) is 0 Å². The number of nitrogens with two attached hydrogens (primary N) is 2. The Hall–Kier alpha value is -0.850. The van der Waals surface area contributed by atoms with Crippen molar-refractivity contribution in [3.05, 3.63) is 20.9 Å². The maximum atomic E-state index is 7.20. The van der Waals surface area contributed by atoms with Crippen LogP contribution in [0.25, 0.3) is 0 Å². The summed E-state index contributed by atoms with van der Waals surface area (Å²) in [4.78, 5) is 4.04. The molecule has 0 atom stereocenters. The second-order valence-corrected chi connectivity index (χ2v) is 3.56. The van der Waals surface area contributed by atoms with Gasteiger partial charge in [-0.2, -0.15) is 0 Å². The summed E-state index contributed by atoms with van der Waals surface area (Å²) in [5.41, 5.74) is 12.2. The first-order valence-corrected chi connectivity index (χ1v) is 4.37. The second kappa shape index (κ2) is 3.26. The average Bonchev–Trinajstić information content (AvgIpc) is 1.96. The number of rotatable bonds is 1. The minimum Gasteiger partial charge on any atom is -0.384 e. The number of aryl methyl sites for hydroxylation is 1. The van der Waals surface area contributed by atoms with E-state index < -0.39 is 0 Å². The maximum absolute atomic E-state index is 7.20. The Bertz CT molecular complexity index is 334. The molecule has 0 unspecified atom stereocenters. The lowest BCUT2D eigenvalue weighted by Crippen LogP contribution is -2.15. The Morgan fingerprint density at radius 1 is 1.67 bits per heavy atom. The molecular formula is C7H9IN4. The van der Waals surface area contributed by atoms with E-state index in [2.05, 4.69) is 27.6 Å². The molecule has 5 N–H and O–H groups in total. The van der Waals surface area contributed by atoms with Gasteiger partial charge in [0.1, 0.15) is 11.7 Å². The van der Waals surface area contributed by atoms with Gasteiger partial charge < -0.3 is 11.5 Å². The van der Waals surface area contributed by atoms with Gasteiger partial charge in [0.15, 0.2) is 0 Å². The van der Waals surface area contributed by atoms with E-state index >= 15 is 0 Å². The number of halogens is 1. The second-order valence-electron chi connectivity index (χ2n) is 2.40. The monoisotopic (exact) mass is 276 g/mol. The summed E-state index contributed by atoms with van der Waals surface area (Å²) in [5, 5.41) is 7.20. The fraction of sp³-hybridized carbons (Fsp3) is 0.143. The number of aromatic nitrogens is 1. The number of pyridine rings is 1. The van der Waals surface area contributed by atoms with Gasteiger partial charge >= 0.3 is 0 Å². The normalized spacial score (nSPS) is 9.83. The fourth-order valence-corrected chi connectivity index (χ4v) is 1.25. The highest BCUT2D eigenvalue weighted by Crippen LogP contribution is 2.15. The Kier molecular flexibility index (Phi) is 2.51. The van der Waals surface area contributed by atoms with Gasteiger partial charge in [-0.3, -0.25) is 5.41 Å². The molecule has 1 rings (SSSR count). The van der Waals surface area contributed by atoms with Crippen LogP contribution in [0, 0.1) is 15.9 Å². The summed E-state index contributed by atoms with van der Waals surface area (Å²) < 4.78 is 0.965. The Balaban J connectivity index is 3.33. The topological polar surface area (TPSA) is 88.8 Å². The van der Waals surface area contributed by atoms with Crippen molar-refractivity contribution >= 4 is 34.2 Å². The molecule has 1 heterocycles. The minimum atomic E-state index is -0.0436. The van der Waals surface area contributed by atoms with E-state index in [0.717, 1.165) is 9.26 Å². The average molecular weight is 276 g/mol. The minimum absolute atomic E-state index is 0.0436. The molecule has 0 aliphatic rings. The molecule has 0 spiro atoms. The maximum Gasteiger partial charge on any atom is 0.134 e. The number of anilines is 1. The first-order valence-electron chi connectivity index (χ1n) is 3.29. The molecule has 1 aromatic heterocycles. The van der Waals surface area contributed by atoms with Crippen molar-refractivity contribution in [3.63, 3.8) is 0 Å². The van der Waals surface area contributed by atoms with E-state index in [4.69, 9.17) is 16.9 Å². The van der Waals surface area contributed by atoms with Crippen molar-refractivity contribution in [2.45, 2.75) is 6.92 Å². The summed E-state index contributed by atoms with van der Waals surface area (Å²) in [6.45, 7) is 1.86. The molecule has 0 bridgehead atoms. The summed E-state index contributed by atoms with van der Waals surface area (Å²) >= 11 is 2.13. The lowest BCUT2D eigenvalue weighted by atomic mass is 10.2. The molecule has 64 valence electrons. The van der Waals surface area contributed by atoms with Gasteiger partial charge in [-0.1, -0.05) is 0 Å². The highest BCUT2D eigenvalue weighted by Gasteiger charge is 2.06. The first kappa shape index (κ1) is 9.24. The van der Waals surface area contributed by atoms with Crippen molar-refractivity contribution in [3.8, 4) is 0 Å². The van der Waals surface area contributed by atoms with Crippen LogP contribution in [0.15, 0.2) is 6.07 Å². The molecule has 0 amide bonds. The number of nitrogens with one attached hydrogen (secondary N) is 1. The van der Waals surface area contributed by atoms with E-state index in [9.17, 15) is 0 Å². The number of nitrogen functional groups attached to an aromatic ring is 2. The summed E-state index contributed by atoms with van der Waals surface area (Å²) in [6.07, 6.45) is 0. The lowest BCUT2D eigenvalue weighted by molar-refractivity contribution is 1.18. The van der Waals surface area contributed by atoms with Crippen LogP contribution in [0.3, 0.4) is 0 Å². The van der Waals surface area contributed by atoms with Gasteiger partial charge in [-0.25, -0.2) is 4.98 Å². The Morgan fingerprint density at radius 3 is 2.75 bits per heavy atom. The van der Waals surface area contributed by atoms with E-state index in [-0.39, 0.29) is 5.84 Å². The van der Waals surface area contributed by atoms with Crippen LogP contribution in [0.2, 0.25) is 0 Å². The third kappa shape index (κ3) is 1.66. The van der Waals surface area contributed by atoms with Crippen LogP contribution in [-0.2, 0) is 0 Å². The lowest BCUT2D eigenvalue weighted by Gasteiger charge is -2.05. The quantitative estimate of drug-likeness (QED) is 0.404. The highest BCUT2D eigenvalue weighted by molar-refractivity contribution is 14.1. The van der Waals surface area contributed by atoms with Gasteiger partial charge in [-0.05, 0) is 35.6 Å². The molecule has 1 aromatic rings. The predicted molar refractivity (Wildman–Crippen MR) is 57.1 cm³/mol. The summed E-state index contributed by atoms with van der Waals surface area (Å²) in [5.74, 6) is 0.276. The van der Waals surface area contributed by atoms with Crippen LogP contribution in [-0.4, -0.2) is 10.8 Å². The van der Waals surface area contributed by atoms with Crippen molar-refractivity contribution in [2.24, 2.45) is 5.73 Å². The molecule has 0 radical (unpaired) electrons. The third-order valence-electron chi connectivity index (χ3n) is 1.47. The van der Waals surface area contributed by atoms with Crippen LogP contribution in [0.4, 0.5) is 5.82 Å². The molecular weight excluding hydrogens is 267 g/mol. The SMILES string of the molecule is Cc1nc(N)c(C(=N)N)cc1I. The molecule has 0 saturated heterocycles. The smallest absolute Gasteiger partial charge is 0.134 e. The van der Waals surface area contributed by atoms with E-state index in [1.807, 2.05) is 6.92 Å². The Morgan fingerprint density at radius 2 is 2.25 bits per heavy atom. The molecule has 0 aliphatic heterocycles. The molecule has 12 heavy (non-hydrogen) atoms. The fourth-order valence-electron chi connectivity index (χ4n) is 0.815. The van der Waals surface area contributed by atoms with Gasteiger partial charge in [0.25, 0.3) is 0 Å². The van der Waals surface area contributed by atoms with Gasteiger partial charge in [0.05, 0.1) is 11.3 Å². The Labute approximate surface area is 84.0 Å². The molecule has 0 aromatic carbocycles. The highest BCUT2D eigenvalue weighted by atomic mass is 127. The van der Waals surface area contributed by atoms with Crippen LogP contribution < -0.4 is 11.5 Å². The number of nitrogens with zero attached hydrogens (tertiary/aromatic N) is 1. The number of hydrogen-bond donors (Lipinski definition) is 3. The van der Waals surface area contributed by atoms with Crippen LogP contribution in [0.1, 0.15) is 11.3 Å². The van der Waals surface area contributed by atoms with Gasteiger partial charge in [0, 0.05) is 3.57 Å². The van der Waals surface area contributed by atoms with E-state index in [1.165, 1.54) is 0 Å². The van der Waals surface area contributed by atoms with Crippen molar-refractivity contribution in [1.82, 2.24) is 4.98 Å². The van der Waals surface area contributed by atoms with Crippen molar-refractivity contribution in [2.75, 3.05) is 5.73 Å². The standard InChI is InChI=1S/C7H9IN4/c1-3-5(8)2-4(6(9)10)7(11)12-3/h2H,1H3,(H3,9,10)(H2,11,12). The van der Waals surface area contributed by atoms with Crippen molar-refractivity contribution < 1.29 is 0 Å². The zero-order valence-corrected chi connectivity index (χ0v) is 8.71. The molecule has 4 nitrogen and oxygen atoms in total. The van der Waals surface area contributed by atoms with E-state index in [0.29, 0.717) is 11.4 Å². The molecule has 5 heteroatoms. The molecule has 0 saturated carbocycles. The third-order valence-corrected chi connectivity index (χ3v) is 2.56. The first-order chi connectivity index (χ1) is 5.52. The molecule has 0 aliphatic carbocycles. The molecule has 0 fully saturated rings. The summed E-state index contributed by atoms with van der Waals surface area (Å²) in [6, 6.07) is 1.76. The van der Waals surface area contributed by atoms with E-state index in [1.54, 1.807) is 6.07 Å². The largest absolute Gasteiger partial charge is 0.384 e. The number of hydrogen-bond acceptors (Lipinski definition) is 3. The van der Waals surface area contributed by atoms with Crippen LogP contribution >= 0.6 is 22.6 Å². The van der Waals surface area contributed by atoms with Gasteiger partial charge in [0.2, 0.25) is 0 Å². The predicted octanol–water partition coefficient (Wildman–Crippen LogP) is 0.861. The number of amidine groups is 1.